The predicted molar refractivity (Wildman–Crippen MR) is 138 cm³/mol. The van der Waals surface area contributed by atoms with Crippen molar-refractivity contribution in [2.24, 2.45) is 5.92 Å². The second kappa shape index (κ2) is 10.3. The van der Waals surface area contributed by atoms with Crippen LogP contribution in [0.3, 0.4) is 0 Å². The van der Waals surface area contributed by atoms with Crippen molar-refractivity contribution >= 4 is 26.0 Å². The molecule has 184 valence electrons. The van der Waals surface area contributed by atoms with Crippen LogP contribution in [0, 0.1) is 5.92 Å². The maximum absolute atomic E-state index is 12.8. The summed E-state index contributed by atoms with van der Waals surface area (Å²) in [6.07, 6.45) is -0.476. The van der Waals surface area contributed by atoms with Crippen LogP contribution in [0.5, 0.6) is 0 Å². The molecule has 7 heteroatoms. The Labute approximate surface area is 204 Å². The number of fused-ring (bicyclic) bond motifs is 1. The number of nitrogens with one attached hydrogen (secondary N) is 1. The highest BCUT2D eigenvalue weighted by Crippen LogP contribution is 2.42. The van der Waals surface area contributed by atoms with Crippen LogP contribution in [0.2, 0.25) is 18.1 Å². The molecule has 1 N–H and O–H groups in total. The smallest absolute Gasteiger partial charge is 0.407 e. The van der Waals surface area contributed by atoms with E-state index in [-0.39, 0.29) is 35.6 Å². The number of carbonyl (C=O) groups is 2. The zero-order valence-corrected chi connectivity index (χ0v) is 22.4. The lowest BCUT2D eigenvalue weighted by Gasteiger charge is -2.46. The molecule has 0 aromatic heterocycles. The maximum Gasteiger partial charge on any atom is 0.407 e. The van der Waals surface area contributed by atoms with Gasteiger partial charge in [0.2, 0.25) is 5.91 Å². The largest absolute Gasteiger partial charge is 0.445 e. The number of benzene rings is 2. The first-order chi connectivity index (χ1) is 15.9. The van der Waals surface area contributed by atoms with E-state index in [1.165, 1.54) is 0 Å². The summed E-state index contributed by atoms with van der Waals surface area (Å²) in [4.78, 5) is 27.4. The summed E-state index contributed by atoms with van der Waals surface area (Å²) in [6.45, 7) is 15.3. The molecule has 2 aromatic rings. The fourth-order valence-electron chi connectivity index (χ4n) is 4.13. The van der Waals surface area contributed by atoms with Gasteiger partial charge in [-0.2, -0.15) is 0 Å². The third kappa shape index (κ3) is 5.70. The second-order valence-corrected chi connectivity index (χ2v) is 15.4. The highest BCUT2D eigenvalue weighted by Gasteiger charge is 2.44. The minimum Gasteiger partial charge on any atom is -0.445 e. The summed E-state index contributed by atoms with van der Waals surface area (Å²) in [5.74, 6) is -0.110. The van der Waals surface area contributed by atoms with Gasteiger partial charge in [0.05, 0.1) is 18.7 Å². The Balaban J connectivity index is 1.85. The molecule has 34 heavy (non-hydrogen) atoms. The molecule has 2 amide bonds. The van der Waals surface area contributed by atoms with Crippen molar-refractivity contribution in [1.82, 2.24) is 5.32 Å². The molecule has 1 aliphatic rings. The van der Waals surface area contributed by atoms with E-state index in [4.69, 9.17) is 9.16 Å². The summed E-state index contributed by atoms with van der Waals surface area (Å²) in [7, 11) is -2.03. The zero-order chi connectivity index (χ0) is 25.1. The lowest BCUT2D eigenvalue weighted by Crippen LogP contribution is -2.55. The molecule has 0 saturated heterocycles. The minimum absolute atomic E-state index is 0.0340. The first-order valence-corrected chi connectivity index (χ1v) is 14.8. The SMILES string of the molecule is CC(=O)N1c2ccccc2C(NC(=O)OCc2ccccc2)[C@@H](C)[C@@H]1CO[Si](C)(C)C(C)(C)C. The Hall–Kier alpha value is -2.64. The quantitative estimate of drug-likeness (QED) is 0.509. The molecule has 6 nitrogen and oxygen atoms in total. The Bertz CT molecular complexity index is 1000. The highest BCUT2D eigenvalue weighted by molar-refractivity contribution is 6.74. The van der Waals surface area contributed by atoms with E-state index >= 15 is 0 Å². The van der Waals surface area contributed by atoms with E-state index in [1.807, 2.05) is 59.5 Å². The van der Waals surface area contributed by atoms with E-state index in [0.29, 0.717) is 6.61 Å². The number of ether oxygens (including phenoxy) is 1. The Morgan fingerprint density at radius 3 is 2.26 bits per heavy atom. The summed E-state index contributed by atoms with van der Waals surface area (Å²) >= 11 is 0. The average Bonchev–Trinajstić information content (AvgIpc) is 2.78. The van der Waals surface area contributed by atoms with Gasteiger partial charge in [-0.1, -0.05) is 76.2 Å². The van der Waals surface area contributed by atoms with Crippen molar-refractivity contribution < 1.29 is 18.8 Å². The van der Waals surface area contributed by atoms with Crippen molar-refractivity contribution in [3.05, 3.63) is 65.7 Å². The number of hydrogen-bond acceptors (Lipinski definition) is 4. The molecular weight excluding hydrogens is 444 g/mol. The Kier molecular flexibility index (Phi) is 7.88. The second-order valence-electron chi connectivity index (χ2n) is 10.6. The number of carbonyl (C=O) groups excluding carboxylic acids is 2. The van der Waals surface area contributed by atoms with Gasteiger partial charge in [0.15, 0.2) is 8.32 Å². The van der Waals surface area contributed by atoms with E-state index in [1.54, 1.807) is 6.92 Å². The summed E-state index contributed by atoms with van der Waals surface area (Å²) < 4.78 is 12.1. The average molecular weight is 483 g/mol. The van der Waals surface area contributed by atoms with Gasteiger partial charge in [0.1, 0.15) is 6.61 Å². The van der Waals surface area contributed by atoms with Crippen molar-refractivity contribution in [3.8, 4) is 0 Å². The van der Waals surface area contributed by atoms with Crippen LogP contribution in [-0.2, 0) is 20.6 Å². The molecule has 0 radical (unpaired) electrons. The van der Waals surface area contributed by atoms with E-state index in [2.05, 4.69) is 46.1 Å². The van der Waals surface area contributed by atoms with Gasteiger partial charge in [-0.3, -0.25) is 4.79 Å². The minimum atomic E-state index is -2.03. The number of nitrogens with zero attached hydrogens (tertiary/aromatic N) is 1. The number of hydrogen-bond donors (Lipinski definition) is 1. The number of alkyl carbamates (subject to hydrolysis) is 1. The van der Waals surface area contributed by atoms with Gasteiger partial charge in [-0.05, 0) is 35.3 Å². The van der Waals surface area contributed by atoms with Crippen LogP contribution < -0.4 is 10.2 Å². The molecule has 0 bridgehead atoms. The summed E-state index contributed by atoms with van der Waals surface area (Å²) in [6, 6.07) is 16.8. The molecular formula is C27H38N2O4Si. The first kappa shape index (κ1) is 26.0. The molecule has 0 aliphatic carbocycles. The molecule has 3 atom stereocenters. The maximum atomic E-state index is 12.8. The fraction of sp³-hybridized carbons (Fsp3) is 0.481. The van der Waals surface area contributed by atoms with Gasteiger partial charge in [0, 0.05) is 18.5 Å². The molecule has 0 fully saturated rings. The summed E-state index contributed by atoms with van der Waals surface area (Å²) in [5, 5.41) is 3.13. The predicted octanol–water partition coefficient (Wildman–Crippen LogP) is 6.05. The van der Waals surface area contributed by atoms with Crippen molar-refractivity contribution in [3.63, 3.8) is 0 Å². The van der Waals surface area contributed by atoms with Crippen molar-refractivity contribution in [1.29, 1.82) is 0 Å². The standard InChI is InChI=1S/C27H38N2O4Si/c1-19-24(18-33-34(6,7)27(3,4)5)29(20(2)30)23-16-12-11-15-22(23)25(19)28-26(31)32-17-21-13-9-8-10-14-21/h8-16,19,24-25H,17-18H2,1-7H3,(H,28,31)/t19-,24-,25?/m0/s1. The zero-order valence-electron chi connectivity index (χ0n) is 21.4. The number of anilines is 1. The van der Waals surface area contributed by atoms with Crippen LogP contribution >= 0.6 is 0 Å². The monoisotopic (exact) mass is 482 g/mol. The third-order valence-corrected chi connectivity index (χ3v) is 11.7. The fourth-order valence-corrected chi connectivity index (χ4v) is 5.15. The molecule has 1 aliphatic heterocycles. The lowest BCUT2D eigenvalue weighted by atomic mass is 9.82. The normalized spacial score (nSPS) is 20.4. The topological polar surface area (TPSA) is 67.9 Å². The van der Waals surface area contributed by atoms with Crippen LogP contribution in [-0.4, -0.2) is 33.0 Å². The van der Waals surface area contributed by atoms with Crippen LogP contribution in [0.25, 0.3) is 0 Å². The van der Waals surface area contributed by atoms with Gasteiger partial charge in [-0.15, -0.1) is 0 Å². The van der Waals surface area contributed by atoms with Crippen LogP contribution in [0.15, 0.2) is 54.6 Å². The first-order valence-electron chi connectivity index (χ1n) is 11.9. The third-order valence-electron chi connectivity index (χ3n) is 7.24. The molecule has 2 aromatic carbocycles. The number of para-hydroxylation sites is 1. The van der Waals surface area contributed by atoms with Gasteiger partial charge in [-0.25, -0.2) is 4.79 Å². The van der Waals surface area contributed by atoms with Gasteiger partial charge < -0.3 is 19.4 Å². The Morgan fingerprint density at radius 1 is 1.03 bits per heavy atom. The number of amides is 2. The highest BCUT2D eigenvalue weighted by atomic mass is 28.4. The van der Waals surface area contributed by atoms with Crippen molar-refractivity contribution in [2.45, 2.75) is 71.4 Å². The van der Waals surface area contributed by atoms with E-state index < -0.39 is 14.4 Å². The van der Waals surface area contributed by atoms with Crippen LogP contribution in [0.4, 0.5) is 10.5 Å². The number of rotatable bonds is 6. The lowest BCUT2D eigenvalue weighted by molar-refractivity contribution is -0.117. The van der Waals surface area contributed by atoms with Gasteiger partial charge >= 0.3 is 6.09 Å². The van der Waals surface area contributed by atoms with E-state index in [9.17, 15) is 9.59 Å². The molecule has 0 saturated carbocycles. The molecule has 1 unspecified atom stereocenters. The molecule has 1 heterocycles. The molecule has 3 rings (SSSR count). The van der Waals surface area contributed by atoms with Crippen molar-refractivity contribution in [2.75, 3.05) is 11.5 Å². The molecule has 0 spiro atoms. The van der Waals surface area contributed by atoms with Crippen LogP contribution in [0.1, 0.15) is 51.8 Å². The Morgan fingerprint density at radius 2 is 1.65 bits per heavy atom. The van der Waals surface area contributed by atoms with E-state index in [0.717, 1.165) is 16.8 Å². The van der Waals surface area contributed by atoms with Gasteiger partial charge in [0.25, 0.3) is 0 Å². The summed E-state index contributed by atoms with van der Waals surface area (Å²) in [5.41, 5.74) is 2.65.